The molecule has 21 heavy (non-hydrogen) atoms. The van der Waals surface area contributed by atoms with Gasteiger partial charge in [0, 0.05) is 12.1 Å². The number of hydrogen-bond donors (Lipinski definition) is 2. The molecule has 1 aliphatic heterocycles. The maximum absolute atomic E-state index is 13.0. The summed E-state index contributed by atoms with van der Waals surface area (Å²) >= 11 is 0. The first-order chi connectivity index (χ1) is 10.1. The van der Waals surface area contributed by atoms with E-state index >= 15 is 0 Å². The summed E-state index contributed by atoms with van der Waals surface area (Å²) in [6, 6.07) is 9.69. The van der Waals surface area contributed by atoms with Crippen molar-refractivity contribution in [2.45, 2.75) is 51.1 Å². The standard InChI is InChI=1S/C16H23N3O2/c1-3-13-10-9-11(2)19(13)16(20)14(15(17)18-21)12-7-5-4-6-8-12/h4-8,11,13-14,21H,3,9-10H2,1-2H3,(H2,17,18). The first-order valence-electron chi connectivity index (χ1n) is 7.44. The molecule has 114 valence electrons. The molecule has 2 rings (SSSR count). The number of likely N-dealkylation sites (tertiary alicyclic amines) is 1. The van der Waals surface area contributed by atoms with Gasteiger partial charge >= 0.3 is 0 Å². The highest BCUT2D eigenvalue weighted by molar-refractivity contribution is 6.07. The third-order valence-electron chi connectivity index (χ3n) is 4.30. The number of nitrogens with two attached hydrogens (primary N) is 1. The summed E-state index contributed by atoms with van der Waals surface area (Å²) in [7, 11) is 0. The second kappa shape index (κ2) is 6.61. The van der Waals surface area contributed by atoms with Crippen LogP contribution in [-0.2, 0) is 4.79 Å². The van der Waals surface area contributed by atoms with Gasteiger partial charge in [-0.05, 0) is 31.7 Å². The zero-order valence-corrected chi connectivity index (χ0v) is 12.6. The number of oxime groups is 1. The second-order valence-corrected chi connectivity index (χ2v) is 5.60. The lowest BCUT2D eigenvalue weighted by Crippen LogP contribution is -2.45. The van der Waals surface area contributed by atoms with E-state index < -0.39 is 5.92 Å². The van der Waals surface area contributed by atoms with Crippen LogP contribution >= 0.6 is 0 Å². The van der Waals surface area contributed by atoms with Gasteiger partial charge in [-0.2, -0.15) is 0 Å². The van der Waals surface area contributed by atoms with Crippen LogP contribution in [0, 0.1) is 0 Å². The van der Waals surface area contributed by atoms with Crippen molar-refractivity contribution in [2.24, 2.45) is 10.9 Å². The Balaban J connectivity index is 2.35. The highest BCUT2D eigenvalue weighted by Gasteiger charge is 2.38. The zero-order chi connectivity index (χ0) is 15.4. The Morgan fingerprint density at radius 2 is 2.10 bits per heavy atom. The molecule has 5 nitrogen and oxygen atoms in total. The summed E-state index contributed by atoms with van der Waals surface area (Å²) in [4.78, 5) is 14.9. The van der Waals surface area contributed by atoms with Gasteiger partial charge in [0.2, 0.25) is 5.91 Å². The molecule has 1 aromatic rings. The molecule has 0 radical (unpaired) electrons. The van der Waals surface area contributed by atoms with E-state index in [1.807, 2.05) is 35.2 Å². The van der Waals surface area contributed by atoms with Gasteiger partial charge in [-0.3, -0.25) is 4.79 Å². The molecule has 3 unspecified atom stereocenters. The minimum atomic E-state index is -0.717. The van der Waals surface area contributed by atoms with Crippen molar-refractivity contribution < 1.29 is 10.0 Å². The molecular formula is C16H23N3O2. The third-order valence-corrected chi connectivity index (χ3v) is 4.30. The average Bonchev–Trinajstić information content (AvgIpc) is 2.89. The third kappa shape index (κ3) is 3.01. The molecule has 1 saturated heterocycles. The number of amidine groups is 1. The Kier molecular flexibility index (Phi) is 4.83. The number of benzene rings is 1. The lowest BCUT2D eigenvalue weighted by Gasteiger charge is -2.31. The van der Waals surface area contributed by atoms with E-state index in [-0.39, 0.29) is 23.8 Å². The summed E-state index contributed by atoms with van der Waals surface area (Å²) in [5.74, 6) is -0.848. The van der Waals surface area contributed by atoms with Crippen LogP contribution < -0.4 is 5.73 Å². The highest BCUT2D eigenvalue weighted by atomic mass is 16.4. The molecule has 0 bridgehead atoms. The smallest absolute Gasteiger partial charge is 0.238 e. The van der Waals surface area contributed by atoms with Gasteiger partial charge in [-0.15, -0.1) is 0 Å². The summed E-state index contributed by atoms with van der Waals surface area (Å²) < 4.78 is 0. The molecule has 3 N–H and O–H groups in total. The van der Waals surface area contributed by atoms with Gasteiger partial charge in [0.15, 0.2) is 5.84 Å². The minimum Gasteiger partial charge on any atom is -0.409 e. The fourth-order valence-electron chi connectivity index (χ4n) is 3.16. The number of nitrogens with zero attached hydrogens (tertiary/aromatic N) is 2. The summed E-state index contributed by atoms with van der Waals surface area (Å²) in [6.07, 6.45) is 2.94. The van der Waals surface area contributed by atoms with Gasteiger partial charge < -0.3 is 15.8 Å². The van der Waals surface area contributed by atoms with Crippen LogP contribution in [0.5, 0.6) is 0 Å². The Morgan fingerprint density at radius 1 is 1.43 bits per heavy atom. The monoisotopic (exact) mass is 289 g/mol. The molecule has 5 heteroatoms. The second-order valence-electron chi connectivity index (χ2n) is 5.60. The Bertz CT molecular complexity index is 516. The number of amides is 1. The van der Waals surface area contributed by atoms with E-state index in [1.165, 1.54) is 0 Å². The van der Waals surface area contributed by atoms with Crippen molar-refractivity contribution >= 4 is 11.7 Å². The zero-order valence-electron chi connectivity index (χ0n) is 12.6. The molecule has 0 aromatic heterocycles. The van der Waals surface area contributed by atoms with Crippen molar-refractivity contribution in [1.29, 1.82) is 0 Å². The molecule has 1 fully saturated rings. The number of carbonyl (C=O) groups excluding carboxylic acids is 1. The maximum atomic E-state index is 13.0. The minimum absolute atomic E-state index is 0.0554. The SMILES string of the molecule is CCC1CCC(C)N1C(=O)C(/C(N)=N/O)c1ccccc1. The Labute approximate surface area is 125 Å². The lowest BCUT2D eigenvalue weighted by molar-refractivity contribution is -0.134. The molecule has 0 spiro atoms. The number of carbonyl (C=O) groups is 1. The summed E-state index contributed by atoms with van der Waals surface area (Å²) in [5, 5.41) is 12.1. The van der Waals surface area contributed by atoms with Crippen molar-refractivity contribution in [3.63, 3.8) is 0 Å². The van der Waals surface area contributed by atoms with E-state index in [4.69, 9.17) is 10.9 Å². The molecule has 0 saturated carbocycles. The van der Waals surface area contributed by atoms with Crippen LogP contribution in [0.15, 0.2) is 35.5 Å². The molecule has 3 atom stereocenters. The van der Waals surface area contributed by atoms with E-state index in [9.17, 15) is 4.79 Å². The predicted octanol–water partition coefficient (Wildman–Crippen LogP) is 2.31. The van der Waals surface area contributed by atoms with Crippen LogP contribution in [0.4, 0.5) is 0 Å². The largest absolute Gasteiger partial charge is 0.409 e. The molecule has 1 amide bonds. The number of hydrogen-bond acceptors (Lipinski definition) is 3. The van der Waals surface area contributed by atoms with Gasteiger partial charge in [0.1, 0.15) is 5.92 Å². The fourth-order valence-corrected chi connectivity index (χ4v) is 3.16. The number of rotatable bonds is 4. The maximum Gasteiger partial charge on any atom is 0.238 e. The van der Waals surface area contributed by atoms with Gasteiger partial charge in [0.25, 0.3) is 0 Å². The van der Waals surface area contributed by atoms with Crippen LogP contribution in [0.2, 0.25) is 0 Å². The summed E-state index contributed by atoms with van der Waals surface area (Å²) in [6.45, 7) is 4.14. The molecule has 1 aliphatic rings. The van der Waals surface area contributed by atoms with Crippen molar-refractivity contribution in [3.8, 4) is 0 Å². The molecular weight excluding hydrogens is 266 g/mol. The van der Waals surface area contributed by atoms with E-state index in [0.29, 0.717) is 0 Å². The average molecular weight is 289 g/mol. The van der Waals surface area contributed by atoms with Gasteiger partial charge in [-0.25, -0.2) is 0 Å². The van der Waals surface area contributed by atoms with Crippen LogP contribution in [-0.4, -0.2) is 33.9 Å². The lowest BCUT2D eigenvalue weighted by atomic mass is 9.95. The highest BCUT2D eigenvalue weighted by Crippen LogP contribution is 2.30. The van der Waals surface area contributed by atoms with Crippen LogP contribution in [0.25, 0.3) is 0 Å². The predicted molar refractivity (Wildman–Crippen MR) is 82.2 cm³/mol. The summed E-state index contributed by atoms with van der Waals surface area (Å²) in [5.41, 5.74) is 6.56. The fraction of sp³-hybridized carbons (Fsp3) is 0.500. The first-order valence-corrected chi connectivity index (χ1v) is 7.44. The van der Waals surface area contributed by atoms with Gasteiger partial charge in [-0.1, -0.05) is 42.4 Å². The van der Waals surface area contributed by atoms with E-state index in [0.717, 1.165) is 24.8 Å². The van der Waals surface area contributed by atoms with Crippen molar-refractivity contribution in [2.75, 3.05) is 0 Å². The Morgan fingerprint density at radius 3 is 2.67 bits per heavy atom. The van der Waals surface area contributed by atoms with Crippen molar-refractivity contribution in [3.05, 3.63) is 35.9 Å². The molecule has 1 aromatic carbocycles. The molecule has 1 heterocycles. The Hall–Kier alpha value is -2.04. The van der Waals surface area contributed by atoms with Crippen LogP contribution in [0.1, 0.15) is 44.6 Å². The van der Waals surface area contributed by atoms with E-state index in [2.05, 4.69) is 19.0 Å². The quantitative estimate of drug-likeness (QED) is 0.386. The molecule has 0 aliphatic carbocycles. The van der Waals surface area contributed by atoms with Crippen molar-refractivity contribution in [1.82, 2.24) is 4.90 Å². The van der Waals surface area contributed by atoms with Crippen LogP contribution in [0.3, 0.4) is 0 Å². The first kappa shape index (κ1) is 15.4. The van der Waals surface area contributed by atoms with Gasteiger partial charge in [0.05, 0.1) is 0 Å². The normalized spacial score (nSPS) is 24.1. The topological polar surface area (TPSA) is 78.9 Å². The van der Waals surface area contributed by atoms with E-state index in [1.54, 1.807) is 0 Å².